The van der Waals surface area contributed by atoms with Crippen molar-refractivity contribution in [1.82, 2.24) is 5.32 Å². The van der Waals surface area contributed by atoms with Crippen molar-refractivity contribution in [3.05, 3.63) is 24.3 Å². The number of benzene rings is 1. The summed E-state index contributed by atoms with van der Waals surface area (Å²) in [4.78, 5) is 26.8. The second-order valence-electron chi connectivity index (χ2n) is 4.74. The third-order valence-corrected chi connectivity index (χ3v) is 4.24. The molecule has 0 unspecified atom stereocenters. The lowest BCUT2D eigenvalue weighted by atomic mass is 10.2. The van der Waals surface area contributed by atoms with Crippen LogP contribution < -0.4 is 10.2 Å². The summed E-state index contributed by atoms with van der Waals surface area (Å²) in [5, 5.41) is 2.82. The predicted octanol–water partition coefficient (Wildman–Crippen LogP) is 1.67. The van der Waals surface area contributed by atoms with Crippen LogP contribution in [0.25, 0.3) is 0 Å². The molecule has 2 rings (SSSR count). The first kappa shape index (κ1) is 15.9. The second-order valence-corrected chi connectivity index (χ2v) is 5.88. The minimum atomic E-state index is -0.138. The van der Waals surface area contributed by atoms with E-state index in [-0.39, 0.29) is 18.4 Å². The lowest BCUT2D eigenvalue weighted by Crippen LogP contribution is -2.41. The Kier molecular flexibility index (Phi) is 6.07. The van der Waals surface area contributed by atoms with Crippen LogP contribution in [-0.4, -0.2) is 44.4 Å². The molecule has 1 N–H and O–H groups in total. The molecule has 2 amide bonds. The average molecular weight is 308 g/mol. The number of methoxy groups -OCH3 is 1. The smallest absolute Gasteiger partial charge is 0.240 e. The van der Waals surface area contributed by atoms with Crippen LogP contribution in [0.4, 0.5) is 5.69 Å². The number of nitrogens with zero attached hydrogens (tertiary/aromatic N) is 1. The van der Waals surface area contributed by atoms with E-state index in [0.717, 1.165) is 22.8 Å². The largest absolute Gasteiger partial charge is 0.385 e. The number of rotatable bonds is 6. The van der Waals surface area contributed by atoms with E-state index in [1.807, 2.05) is 24.3 Å². The number of hydrogen-bond donors (Lipinski definition) is 1. The van der Waals surface area contributed by atoms with E-state index in [4.69, 9.17) is 4.74 Å². The Balaban J connectivity index is 2.00. The molecule has 0 saturated carbocycles. The van der Waals surface area contributed by atoms with Crippen LogP contribution in [0, 0.1) is 0 Å². The molecule has 0 saturated heterocycles. The van der Waals surface area contributed by atoms with Crippen LogP contribution >= 0.6 is 11.8 Å². The lowest BCUT2D eigenvalue weighted by molar-refractivity contribution is -0.123. The summed E-state index contributed by atoms with van der Waals surface area (Å²) in [7, 11) is 1.63. The zero-order valence-electron chi connectivity index (χ0n) is 12.1. The molecule has 21 heavy (non-hydrogen) atoms. The third-order valence-electron chi connectivity index (χ3n) is 3.18. The Hall–Kier alpha value is -1.53. The van der Waals surface area contributed by atoms with Gasteiger partial charge in [0.1, 0.15) is 6.54 Å². The van der Waals surface area contributed by atoms with Crippen molar-refractivity contribution in [2.75, 3.05) is 37.5 Å². The zero-order valence-corrected chi connectivity index (χ0v) is 12.9. The van der Waals surface area contributed by atoms with Gasteiger partial charge in [0.25, 0.3) is 0 Å². The first-order valence-electron chi connectivity index (χ1n) is 7.00. The van der Waals surface area contributed by atoms with Crippen molar-refractivity contribution < 1.29 is 14.3 Å². The molecule has 0 radical (unpaired) electrons. The lowest BCUT2D eigenvalue weighted by Gasteiger charge is -2.22. The van der Waals surface area contributed by atoms with Gasteiger partial charge in [0.05, 0.1) is 5.69 Å². The average Bonchev–Trinajstić information content (AvgIpc) is 2.64. The fourth-order valence-electron chi connectivity index (χ4n) is 2.14. The van der Waals surface area contributed by atoms with E-state index in [1.54, 1.807) is 23.8 Å². The number of carbonyl (C=O) groups is 2. The molecule has 1 heterocycles. The van der Waals surface area contributed by atoms with Crippen LogP contribution in [0.2, 0.25) is 0 Å². The topological polar surface area (TPSA) is 58.6 Å². The number of anilines is 1. The Morgan fingerprint density at radius 2 is 2.24 bits per heavy atom. The van der Waals surface area contributed by atoms with Crippen molar-refractivity contribution in [3.63, 3.8) is 0 Å². The monoisotopic (exact) mass is 308 g/mol. The normalized spacial score (nSPS) is 14.5. The van der Waals surface area contributed by atoms with Gasteiger partial charge in [-0.25, -0.2) is 0 Å². The van der Waals surface area contributed by atoms with Gasteiger partial charge in [0.15, 0.2) is 0 Å². The highest BCUT2D eigenvalue weighted by Gasteiger charge is 2.24. The minimum Gasteiger partial charge on any atom is -0.385 e. The highest BCUT2D eigenvalue weighted by Crippen LogP contribution is 2.33. The molecule has 1 aromatic rings. The summed E-state index contributed by atoms with van der Waals surface area (Å²) in [6.07, 6.45) is 1.22. The number of thioether (sulfide) groups is 1. The van der Waals surface area contributed by atoms with Gasteiger partial charge >= 0.3 is 0 Å². The van der Waals surface area contributed by atoms with Crippen molar-refractivity contribution in [2.45, 2.75) is 17.7 Å². The number of fused-ring (bicyclic) bond motifs is 1. The minimum absolute atomic E-state index is 0.000471. The number of nitrogens with one attached hydrogen (secondary N) is 1. The first-order chi connectivity index (χ1) is 10.2. The molecule has 1 aromatic carbocycles. The van der Waals surface area contributed by atoms with Gasteiger partial charge in [-0.3, -0.25) is 9.59 Å². The summed E-state index contributed by atoms with van der Waals surface area (Å²) in [6.45, 7) is 1.25. The zero-order chi connectivity index (χ0) is 15.1. The molecular formula is C15H20N2O3S. The Bertz CT molecular complexity index is 507. The molecule has 0 spiro atoms. The van der Waals surface area contributed by atoms with Gasteiger partial charge in [0.2, 0.25) is 11.8 Å². The number of ether oxygens (including phenoxy) is 1. The molecule has 6 heteroatoms. The molecule has 0 aliphatic carbocycles. The third kappa shape index (κ3) is 4.47. The van der Waals surface area contributed by atoms with E-state index in [1.165, 1.54) is 0 Å². The molecule has 1 aliphatic heterocycles. The maximum atomic E-state index is 12.2. The first-order valence-corrected chi connectivity index (χ1v) is 7.99. The van der Waals surface area contributed by atoms with Crippen molar-refractivity contribution in [2.24, 2.45) is 0 Å². The van der Waals surface area contributed by atoms with Crippen molar-refractivity contribution in [1.29, 1.82) is 0 Å². The molecule has 0 aromatic heterocycles. The van der Waals surface area contributed by atoms with Gasteiger partial charge in [0, 0.05) is 37.3 Å². The maximum Gasteiger partial charge on any atom is 0.240 e. The number of amides is 2. The van der Waals surface area contributed by atoms with E-state index in [2.05, 4.69) is 5.32 Å². The molecule has 5 nitrogen and oxygen atoms in total. The summed E-state index contributed by atoms with van der Waals surface area (Å²) in [6, 6.07) is 7.72. The van der Waals surface area contributed by atoms with Gasteiger partial charge in [-0.05, 0) is 18.6 Å². The van der Waals surface area contributed by atoms with E-state index in [0.29, 0.717) is 19.6 Å². The van der Waals surface area contributed by atoms with E-state index in [9.17, 15) is 9.59 Å². The molecule has 0 bridgehead atoms. The predicted molar refractivity (Wildman–Crippen MR) is 83.6 cm³/mol. The quantitative estimate of drug-likeness (QED) is 0.812. The van der Waals surface area contributed by atoms with Crippen LogP contribution in [0.1, 0.15) is 12.8 Å². The molecular weight excluding hydrogens is 288 g/mol. The van der Waals surface area contributed by atoms with Crippen LogP contribution in [0.15, 0.2) is 29.2 Å². The van der Waals surface area contributed by atoms with Crippen LogP contribution in [-0.2, 0) is 14.3 Å². The summed E-state index contributed by atoms with van der Waals surface area (Å²) in [5.74, 6) is 0.614. The highest BCUT2D eigenvalue weighted by molar-refractivity contribution is 7.99. The molecule has 1 aliphatic rings. The molecule has 0 fully saturated rings. The number of hydrogen-bond acceptors (Lipinski definition) is 4. The summed E-state index contributed by atoms with van der Waals surface area (Å²) in [5.41, 5.74) is 0.831. The van der Waals surface area contributed by atoms with Gasteiger partial charge in [-0.15, -0.1) is 11.8 Å². The highest BCUT2D eigenvalue weighted by atomic mass is 32.2. The van der Waals surface area contributed by atoms with E-state index < -0.39 is 0 Å². The Morgan fingerprint density at radius 3 is 3.05 bits per heavy atom. The standard InChI is InChI=1S/C15H20N2O3S/c1-20-9-4-8-16-14(18)11-17-12-5-2-3-6-13(12)21-10-7-15(17)19/h2-3,5-6H,4,7-11H2,1H3,(H,16,18). The Labute approximate surface area is 129 Å². The van der Waals surface area contributed by atoms with Gasteiger partial charge in [-0.1, -0.05) is 12.1 Å². The molecule has 114 valence electrons. The summed E-state index contributed by atoms with van der Waals surface area (Å²) >= 11 is 1.66. The van der Waals surface area contributed by atoms with Crippen LogP contribution in [0.3, 0.4) is 0 Å². The fraction of sp³-hybridized carbons (Fsp3) is 0.467. The van der Waals surface area contributed by atoms with Crippen LogP contribution in [0.5, 0.6) is 0 Å². The van der Waals surface area contributed by atoms with Crippen molar-refractivity contribution in [3.8, 4) is 0 Å². The fourth-order valence-corrected chi connectivity index (χ4v) is 3.13. The number of carbonyl (C=O) groups excluding carboxylic acids is 2. The van der Waals surface area contributed by atoms with E-state index >= 15 is 0 Å². The second kappa shape index (κ2) is 8.05. The molecule has 0 atom stereocenters. The van der Waals surface area contributed by atoms with Gasteiger partial charge in [-0.2, -0.15) is 0 Å². The maximum absolute atomic E-state index is 12.2. The number of para-hydroxylation sites is 1. The summed E-state index contributed by atoms with van der Waals surface area (Å²) < 4.78 is 4.94. The Morgan fingerprint density at radius 1 is 1.43 bits per heavy atom. The van der Waals surface area contributed by atoms with Crippen molar-refractivity contribution >= 4 is 29.3 Å². The SMILES string of the molecule is COCCCNC(=O)CN1C(=O)CCSc2ccccc21. The van der Waals surface area contributed by atoms with Gasteiger partial charge < -0.3 is 15.0 Å².